The number of amides is 1. The Hall–Kier alpha value is -2.65. The third kappa shape index (κ3) is 6.93. The molecule has 0 fully saturated rings. The molecule has 0 aliphatic rings. The first kappa shape index (κ1) is 23.0. The molecule has 0 atom stereocenters. The van der Waals surface area contributed by atoms with E-state index in [-0.39, 0.29) is 17.3 Å². The van der Waals surface area contributed by atoms with Gasteiger partial charge in [0.2, 0.25) is 15.9 Å². The Kier molecular flexibility index (Phi) is 7.50. The number of rotatable bonds is 9. The third-order valence-electron chi connectivity index (χ3n) is 4.62. The van der Waals surface area contributed by atoms with E-state index in [9.17, 15) is 13.2 Å². The van der Waals surface area contributed by atoms with Crippen molar-refractivity contribution in [2.75, 3.05) is 20.1 Å². The number of benzene rings is 2. The van der Waals surface area contributed by atoms with E-state index in [1.807, 2.05) is 48.3 Å². The molecular weight excluding hydrogens is 438 g/mol. The molecule has 0 aliphatic heterocycles. The summed E-state index contributed by atoms with van der Waals surface area (Å²) in [7, 11) is -1.85. The van der Waals surface area contributed by atoms with Gasteiger partial charge in [0.1, 0.15) is 11.5 Å². The zero-order valence-corrected chi connectivity index (χ0v) is 18.6. The van der Waals surface area contributed by atoms with Crippen LogP contribution in [0.5, 0.6) is 0 Å². The number of likely N-dealkylation sites (N-methyl/N-ethyl adjacent to an activating group) is 1. The summed E-state index contributed by atoms with van der Waals surface area (Å²) in [6.07, 6.45) is 0.586. The minimum absolute atomic E-state index is 0.0686. The molecule has 164 valence electrons. The molecule has 2 aromatic carbocycles. The van der Waals surface area contributed by atoms with E-state index < -0.39 is 10.0 Å². The van der Waals surface area contributed by atoms with Gasteiger partial charge in [-0.2, -0.15) is 0 Å². The van der Waals surface area contributed by atoms with Gasteiger partial charge in [-0.15, -0.1) is 0 Å². The number of carbonyl (C=O) groups excluding carboxylic acids is 1. The number of carbonyl (C=O) groups is 1. The van der Waals surface area contributed by atoms with Crippen molar-refractivity contribution >= 4 is 27.5 Å². The second kappa shape index (κ2) is 10.1. The van der Waals surface area contributed by atoms with Gasteiger partial charge in [0.25, 0.3) is 0 Å². The lowest BCUT2D eigenvalue weighted by Crippen LogP contribution is -2.35. The van der Waals surface area contributed by atoms with Crippen LogP contribution in [0.2, 0.25) is 5.02 Å². The van der Waals surface area contributed by atoms with Crippen LogP contribution in [-0.4, -0.2) is 39.4 Å². The van der Waals surface area contributed by atoms with Crippen molar-refractivity contribution in [1.29, 1.82) is 0 Å². The number of furan rings is 1. The van der Waals surface area contributed by atoms with Crippen molar-refractivity contribution in [3.05, 3.63) is 77.0 Å². The van der Waals surface area contributed by atoms with Gasteiger partial charge >= 0.3 is 0 Å². The SMILES string of the molecule is CN(CC(=O)NCCc1ccc(S(N)(=O)=O)cc1)Cc1ccc(-c2ccc(Cl)cc2)o1. The van der Waals surface area contributed by atoms with Crippen LogP contribution in [0.25, 0.3) is 11.3 Å². The van der Waals surface area contributed by atoms with Crippen LogP contribution in [0.4, 0.5) is 0 Å². The number of hydrogen-bond acceptors (Lipinski definition) is 5. The summed E-state index contributed by atoms with van der Waals surface area (Å²) >= 11 is 5.91. The van der Waals surface area contributed by atoms with E-state index in [2.05, 4.69) is 5.32 Å². The van der Waals surface area contributed by atoms with Gasteiger partial charge in [-0.25, -0.2) is 13.6 Å². The Morgan fingerprint density at radius 3 is 2.39 bits per heavy atom. The Bertz CT molecular complexity index is 1130. The number of nitrogens with one attached hydrogen (secondary N) is 1. The first-order valence-corrected chi connectivity index (χ1v) is 11.5. The lowest BCUT2D eigenvalue weighted by Gasteiger charge is -2.15. The molecule has 31 heavy (non-hydrogen) atoms. The summed E-state index contributed by atoms with van der Waals surface area (Å²) in [4.78, 5) is 14.1. The highest BCUT2D eigenvalue weighted by Crippen LogP contribution is 2.24. The summed E-state index contributed by atoms with van der Waals surface area (Å²) in [5, 5.41) is 8.61. The van der Waals surface area contributed by atoms with Crippen LogP contribution in [0.3, 0.4) is 0 Å². The molecule has 9 heteroatoms. The molecule has 1 heterocycles. The van der Waals surface area contributed by atoms with Crippen LogP contribution < -0.4 is 10.5 Å². The zero-order valence-electron chi connectivity index (χ0n) is 17.0. The molecule has 0 radical (unpaired) electrons. The number of nitrogens with zero attached hydrogens (tertiary/aromatic N) is 1. The quantitative estimate of drug-likeness (QED) is 0.509. The van der Waals surface area contributed by atoms with Gasteiger partial charge in [-0.05, 0) is 67.6 Å². The molecule has 7 nitrogen and oxygen atoms in total. The largest absolute Gasteiger partial charge is 0.460 e. The van der Waals surface area contributed by atoms with E-state index in [0.717, 1.165) is 22.6 Å². The van der Waals surface area contributed by atoms with Crippen LogP contribution in [0.1, 0.15) is 11.3 Å². The molecule has 0 spiro atoms. The fourth-order valence-electron chi connectivity index (χ4n) is 3.05. The molecule has 0 saturated carbocycles. The van der Waals surface area contributed by atoms with Gasteiger partial charge in [0, 0.05) is 17.1 Å². The summed E-state index contributed by atoms with van der Waals surface area (Å²) in [6, 6.07) is 17.5. The first-order chi connectivity index (χ1) is 14.7. The molecular formula is C22H24ClN3O4S. The maximum atomic E-state index is 12.2. The number of nitrogens with two attached hydrogens (primary N) is 1. The second-order valence-electron chi connectivity index (χ2n) is 7.23. The second-order valence-corrected chi connectivity index (χ2v) is 9.23. The number of primary sulfonamides is 1. The van der Waals surface area contributed by atoms with Crippen molar-refractivity contribution in [3.63, 3.8) is 0 Å². The van der Waals surface area contributed by atoms with E-state index >= 15 is 0 Å². The molecule has 3 aromatic rings. The highest BCUT2D eigenvalue weighted by Gasteiger charge is 2.11. The molecule has 3 N–H and O–H groups in total. The molecule has 3 rings (SSSR count). The number of halogens is 1. The monoisotopic (exact) mass is 461 g/mol. The fraction of sp³-hybridized carbons (Fsp3) is 0.227. The van der Waals surface area contributed by atoms with Crippen molar-refractivity contribution in [2.45, 2.75) is 17.9 Å². The van der Waals surface area contributed by atoms with Crippen LogP contribution in [-0.2, 0) is 27.8 Å². The highest BCUT2D eigenvalue weighted by molar-refractivity contribution is 7.89. The number of sulfonamides is 1. The van der Waals surface area contributed by atoms with E-state index in [1.165, 1.54) is 12.1 Å². The maximum absolute atomic E-state index is 12.2. The van der Waals surface area contributed by atoms with Gasteiger partial charge in [0.05, 0.1) is 18.0 Å². The van der Waals surface area contributed by atoms with E-state index in [1.54, 1.807) is 12.1 Å². The van der Waals surface area contributed by atoms with Crippen LogP contribution >= 0.6 is 11.6 Å². The molecule has 1 aromatic heterocycles. The van der Waals surface area contributed by atoms with Crippen molar-refractivity contribution in [2.24, 2.45) is 5.14 Å². The average Bonchev–Trinajstić information content (AvgIpc) is 3.16. The van der Waals surface area contributed by atoms with Crippen molar-refractivity contribution in [1.82, 2.24) is 10.2 Å². The highest BCUT2D eigenvalue weighted by atomic mass is 35.5. The zero-order chi connectivity index (χ0) is 22.4. The van der Waals surface area contributed by atoms with E-state index in [4.69, 9.17) is 21.2 Å². The van der Waals surface area contributed by atoms with E-state index in [0.29, 0.717) is 24.5 Å². The summed E-state index contributed by atoms with van der Waals surface area (Å²) in [5.74, 6) is 1.40. The Balaban J connectivity index is 1.43. The van der Waals surface area contributed by atoms with Gasteiger partial charge in [-0.1, -0.05) is 23.7 Å². The summed E-state index contributed by atoms with van der Waals surface area (Å²) in [6.45, 7) is 1.17. The summed E-state index contributed by atoms with van der Waals surface area (Å²) in [5.41, 5.74) is 1.85. The minimum Gasteiger partial charge on any atom is -0.460 e. The molecule has 0 unspecified atom stereocenters. The lowest BCUT2D eigenvalue weighted by molar-refractivity contribution is -0.122. The predicted molar refractivity (Wildman–Crippen MR) is 120 cm³/mol. The standard InChI is InChI=1S/C22H24ClN3O4S/c1-26(14-19-8-11-21(30-19)17-4-6-18(23)7-5-17)15-22(27)25-13-12-16-2-9-20(10-3-16)31(24,28)29/h2-11H,12-15H2,1H3,(H,25,27)(H2,24,28,29). The lowest BCUT2D eigenvalue weighted by atomic mass is 10.1. The van der Waals surface area contributed by atoms with Gasteiger partial charge in [-0.3, -0.25) is 9.69 Å². The molecule has 0 saturated heterocycles. The predicted octanol–water partition coefficient (Wildman–Crippen LogP) is 3.04. The molecule has 0 bridgehead atoms. The Labute approximate surface area is 186 Å². The third-order valence-corrected chi connectivity index (χ3v) is 5.80. The van der Waals surface area contributed by atoms with Crippen molar-refractivity contribution < 1.29 is 17.6 Å². The van der Waals surface area contributed by atoms with Crippen molar-refractivity contribution in [3.8, 4) is 11.3 Å². The molecule has 0 aliphatic carbocycles. The van der Waals surface area contributed by atoms with Gasteiger partial charge < -0.3 is 9.73 Å². The Morgan fingerprint density at radius 1 is 1.06 bits per heavy atom. The molecule has 1 amide bonds. The topological polar surface area (TPSA) is 106 Å². The minimum atomic E-state index is -3.70. The smallest absolute Gasteiger partial charge is 0.238 e. The fourth-order valence-corrected chi connectivity index (χ4v) is 3.69. The van der Waals surface area contributed by atoms with Crippen LogP contribution in [0, 0.1) is 0 Å². The van der Waals surface area contributed by atoms with Crippen LogP contribution in [0.15, 0.2) is 70.0 Å². The maximum Gasteiger partial charge on any atom is 0.238 e. The average molecular weight is 462 g/mol. The number of hydrogen-bond donors (Lipinski definition) is 2. The normalized spacial score (nSPS) is 11.6. The Morgan fingerprint density at radius 2 is 1.74 bits per heavy atom. The van der Waals surface area contributed by atoms with Gasteiger partial charge in [0.15, 0.2) is 0 Å². The first-order valence-electron chi connectivity index (χ1n) is 9.62. The summed E-state index contributed by atoms with van der Waals surface area (Å²) < 4.78 is 28.4.